The molecular formula is C15H11Br2ClN2O2S. The lowest BCUT2D eigenvalue weighted by molar-refractivity contribution is -0.121. The summed E-state index contributed by atoms with van der Waals surface area (Å²) in [6.45, 7) is -0.134. The van der Waals surface area contributed by atoms with Crippen LogP contribution in [0.3, 0.4) is 0 Å². The number of carbonyl (C=O) groups is 1. The van der Waals surface area contributed by atoms with Crippen molar-refractivity contribution in [2.45, 2.75) is 0 Å². The summed E-state index contributed by atoms with van der Waals surface area (Å²) >= 11 is 17.7. The lowest BCUT2D eigenvalue weighted by Crippen LogP contribution is -2.37. The monoisotopic (exact) mass is 476 g/mol. The van der Waals surface area contributed by atoms with Crippen LogP contribution >= 0.6 is 55.7 Å². The second kappa shape index (κ2) is 8.63. The summed E-state index contributed by atoms with van der Waals surface area (Å²) in [5.74, 6) is 0.246. The van der Waals surface area contributed by atoms with Gasteiger partial charge in [-0.25, -0.2) is 0 Å². The molecule has 0 heterocycles. The summed E-state index contributed by atoms with van der Waals surface area (Å²) in [7, 11) is 0. The van der Waals surface area contributed by atoms with Gasteiger partial charge in [-0.3, -0.25) is 10.1 Å². The Morgan fingerprint density at radius 2 is 1.87 bits per heavy atom. The lowest BCUT2D eigenvalue weighted by Gasteiger charge is -2.11. The SMILES string of the molecule is O=C(COc1ccc(Br)cc1)NC(=S)Nc1ccc(Br)c(Cl)c1. The highest BCUT2D eigenvalue weighted by Gasteiger charge is 2.07. The molecule has 0 spiro atoms. The number of rotatable bonds is 4. The molecule has 0 saturated heterocycles. The van der Waals surface area contributed by atoms with E-state index in [4.69, 9.17) is 28.6 Å². The first-order valence-corrected chi connectivity index (χ1v) is 8.75. The molecule has 0 fully saturated rings. The number of hydrogen-bond donors (Lipinski definition) is 2. The van der Waals surface area contributed by atoms with E-state index < -0.39 is 0 Å². The van der Waals surface area contributed by atoms with Gasteiger partial charge >= 0.3 is 0 Å². The number of hydrogen-bond acceptors (Lipinski definition) is 3. The highest BCUT2D eigenvalue weighted by Crippen LogP contribution is 2.25. The van der Waals surface area contributed by atoms with Gasteiger partial charge in [0.15, 0.2) is 11.7 Å². The Hall–Kier alpha value is -1.15. The van der Waals surface area contributed by atoms with Crippen molar-refractivity contribution in [3.05, 3.63) is 56.4 Å². The summed E-state index contributed by atoms with van der Waals surface area (Å²) in [5.41, 5.74) is 0.678. The molecule has 2 aromatic carbocycles. The van der Waals surface area contributed by atoms with E-state index in [1.54, 1.807) is 30.3 Å². The van der Waals surface area contributed by atoms with Crippen LogP contribution in [0.4, 0.5) is 5.69 Å². The fourth-order valence-electron chi connectivity index (χ4n) is 1.58. The average molecular weight is 479 g/mol. The predicted molar refractivity (Wildman–Crippen MR) is 103 cm³/mol. The molecule has 0 radical (unpaired) electrons. The van der Waals surface area contributed by atoms with Crippen molar-refractivity contribution in [2.75, 3.05) is 11.9 Å². The summed E-state index contributed by atoms with van der Waals surface area (Å²) in [5, 5.41) is 6.13. The number of ether oxygens (including phenoxy) is 1. The maximum atomic E-state index is 11.8. The first-order valence-electron chi connectivity index (χ1n) is 6.38. The third-order valence-corrected chi connectivity index (χ3v) is 4.58. The average Bonchev–Trinajstić information content (AvgIpc) is 2.50. The van der Waals surface area contributed by atoms with Gasteiger partial charge in [0.25, 0.3) is 5.91 Å². The van der Waals surface area contributed by atoms with Crippen LogP contribution in [0.25, 0.3) is 0 Å². The first kappa shape index (κ1) is 18.2. The van der Waals surface area contributed by atoms with Crippen LogP contribution in [0.1, 0.15) is 0 Å². The van der Waals surface area contributed by atoms with Gasteiger partial charge in [0, 0.05) is 14.6 Å². The molecule has 0 unspecified atom stereocenters. The number of benzene rings is 2. The Labute approximate surface area is 160 Å². The molecule has 2 aromatic rings. The number of amides is 1. The summed E-state index contributed by atoms with van der Waals surface area (Å²) in [6.07, 6.45) is 0. The molecule has 0 aliphatic rings. The fraction of sp³-hybridized carbons (Fsp3) is 0.0667. The summed E-state index contributed by atoms with van der Waals surface area (Å²) in [6, 6.07) is 12.4. The van der Waals surface area contributed by atoms with Crippen molar-refractivity contribution in [3.63, 3.8) is 0 Å². The Morgan fingerprint density at radius 1 is 1.17 bits per heavy atom. The summed E-state index contributed by atoms with van der Waals surface area (Å²) < 4.78 is 7.08. The zero-order valence-electron chi connectivity index (χ0n) is 11.6. The minimum absolute atomic E-state index is 0.134. The minimum Gasteiger partial charge on any atom is -0.484 e. The standard InChI is InChI=1S/C15H11Br2ClN2O2S/c16-9-1-4-11(5-2-9)22-8-14(21)20-15(23)19-10-3-6-12(17)13(18)7-10/h1-7H,8H2,(H2,19,20,21,23). The Kier molecular flexibility index (Phi) is 6.83. The predicted octanol–water partition coefficient (Wildman–Crippen LogP) is 4.76. The molecular weight excluding hydrogens is 468 g/mol. The minimum atomic E-state index is -0.353. The van der Waals surface area contributed by atoms with Crippen molar-refractivity contribution in [1.82, 2.24) is 5.32 Å². The van der Waals surface area contributed by atoms with E-state index in [0.717, 1.165) is 8.95 Å². The van der Waals surface area contributed by atoms with Crippen molar-refractivity contribution >= 4 is 72.4 Å². The van der Waals surface area contributed by atoms with E-state index in [9.17, 15) is 4.79 Å². The van der Waals surface area contributed by atoms with Gasteiger partial charge in [0.2, 0.25) is 0 Å². The van der Waals surface area contributed by atoms with Crippen molar-refractivity contribution < 1.29 is 9.53 Å². The number of nitrogens with one attached hydrogen (secondary N) is 2. The molecule has 0 aromatic heterocycles. The van der Waals surface area contributed by atoms with Crippen LogP contribution in [0.5, 0.6) is 5.75 Å². The van der Waals surface area contributed by atoms with E-state index in [1.807, 2.05) is 12.1 Å². The van der Waals surface area contributed by atoms with Gasteiger partial charge in [0.05, 0.1) is 5.02 Å². The van der Waals surface area contributed by atoms with Crippen LogP contribution in [-0.2, 0) is 4.79 Å². The van der Waals surface area contributed by atoms with E-state index >= 15 is 0 Å². The van der Waals surface area contributed by atoms with E-state index in [0.29, 0.717) is 16.5 Å². The molecule has 8 heteroatoms. The molecule has 2 N–H and O–H groups in total. The Balaban J connectivity index is 1.81. The molecule has 0 aliphatic carbocycles. The van der Waals surface area contributed by atoms with Crippen molar-refractivity contribution in [1.29, 1.82) is 0 Å². The van der Waals surface area contributed by atoms with Crippen LogP contribution in [0.15, 0.2) is 51.4 Å². The highest BCUT2D eigenvalue weighted by atomic mass is 79.9. The van der Waals surface area contributed by atoms with E-state index in [1.165, 1.54) is 0 Å². The number of halogens is 3. The zero-order chi connectivity index (χ0) is 16.8. The molecule has 4 nitrogen and oxygen atoms in total. The van der Waals surface area contributed by atoms with Crippen molar-refractivity contribution in [3.8, 4) is 5.75 Å². The molecule has 0 saturated carbocycles. The normalized spacial score (nSPS) is 10.0. The molecule has 23 heavy (non-hydrogen) atoms. The molecule has 0 bridgehead atoms. The van der Waals surface area contributed by atoms with Crippen LogP contribution < -0.4 is 15.4 Å². The molecule has 0 atom stereocenters. The smallest absolute Gasteiger partial charge is 0.264 e. The van der Waals surface area contributed by atoms with Gasteiger partial charge in [-0.15, -0.1) is 0 Å². The first-order chi connectivity index (χ1) is 10.9. The molecule has 1 amide bonds. The van der Waals surface area contributed by atoms with E-state index in [2.05, 4.69) is 42.5 Å². The summed E-state index contributed by atoms with van der Waals surface area (Å²) in [4.78, 5) is 11.8. The third kappa shape index (κ3) is 6.10. The zero-order valence-corrected chi connectivity index (χ0v) is 16.4. The molecule has 120 valence electrons. The highest BCUT2D eigenvalue weighted by molar-refractivity contribution is 9.10. The lowest BCUT2D eigenvalue weighted by atomic mass is 10.3. The maximum Gasteiger partial charge on any atom is 0.264 e. The molecule has 0 aliphatic heterocycles. The quantitative estimate of drug-likeness (QED) is 0.623. The number of carbonyl (C=O) groups excluding carboxylic acids is 1. The number of anilines is 1. The van der Waals surface area contributed by atoms with Gasteiger partial charge in [-0.2, -0.15) is 0 Å². The topological polar surface area (TPSA) is 50.4 Å². The Bertz CT molecular complexity index is 726. The molecule has 2 rings (SSSR count). The van der Waals surface area contributed by atoms with Crippen LogP contribution in [-0.4, -0.2) is 17.6 Å². The second-order valence-corrected chi connectivity index (χ2v) is 6.96. The van der Waals surface area contributed by atoms with Crippen molar-refractivity contribution in [2.24, 2.45) is 0 Å². The second-order valence-electron chi connectivity index (χ2n) is 4.37. The maximum absolute atomic E-state index is 11.8. The van der Waals surface area contributed by atoms with Gasteiger partial charge in [-0.1, -0.05) is 27.5 Å². The van der Waals surface area contributed by atoms with Crippen LogP contribution in [0.2, 0.25) is 5.02 Å². The van der Waals surface area contributed by atoms with Gasteiger partial charge in [0.1, 0.15) is 5.75 Å². The fourth-order valence-corrected chi connectivity index (χ4v) is 2.50. The van der Waals surface area contributed by atoms with Gasteiger partial charge < -0.3 is 10.1 Å². The van der Waals surface area contributed by atoms with E-state index in [-0.39, 0.29) is 17.6 Å². The Morgan fingerprint density at radius 3 is 2.52 bits per heavy atom. The van der Waals surface area contributed by atoms with Gasteiger partial charge in [-0.05, 0) is 70.6 Å². The third-order valence-electron chi connectivity index (χ3n) is 2.61. The van der Waals surface area contributed by atoms with Crippen LogP contribution in [0, 0.1) is 0 Å². The largest absolute Gasteiger partial charge is 0.484 e. The number of thiocarbonyl (C=S) groups is 1.